The average Bonchev–Trinajstić information content (AvgIpc) is 3.72. The first-order valence-electron chi connectivity index (χ1n) is 13.6. The standard InChI is InChI=1S/C22H28N11O9PS2/c1-8-11-4-39-43(36,44)41-16-9(2-10(14(16)34)32-6-27-12-17(23)25-5-26-18(12)32)3-29-45(37,38)42-15(8)21(40-11)33-7-28-13-19(33)30-22(24)31-20(13)35/h5-11,14-16,21,29,34H,2-4H2,1H3,(H,36,44)(H2,23,25,26)(H3,24,30,31,35)/t8-,9-,10-,11-,14+,15-,16-,21-,43?/m1/s1. The lowest BCUT2D eigenvalue weighted by molar-refractivity contribution is -0.0469. The number of fused-ring (bicyclic) bond motifs is 5. The van der Waals surface area contributed by atoms with Gasteiger partial charge in [0.2, 0.25) is 5.95 Å². The van der Waals surface area contributed by atoms with Gasteiger partial charge in [0.1, 0.15) is 24.1 Å². The Morgan fingerprint density at radius 2 is 1.87 bits per heavy atom. The number of aliphatic hydroxyl groups excluding tert-OH is 1. The second kappa shape index (κ2) is 11.0. The summed E-state index contributed by atoms with van der Waals surface area (Å²) in [6, 6.07) is -0.714. The van der Waals surface area contributed by atoms with Crippen LogP contribution in [-0.2, 0) is 40.1 Å². The van der Waals surface area contributed by atoms with Crippen LogP contribution in [-0.4, -0.2) is 95.0 Å². The van der Waals surface area contributed by atoms with Gasteiger partial charge in [0, 0.05) is 18.4 Å². The van der Waals surface area contributed by atoms with E-state index in [0.717, 1.165) is 0 Å². The van der Waals surface area contributed by atoms with Crippen LogP contribution in [0.5, 0.6) is 0 Å². The number of rotatable bonds is 2. The number of nitrogens with zero attached hydrogens (tertiary/aromatic N) is 7. The minimum Gasteiger partial charge on any atom is -0.388 e. The number of imidazole rings is 2. The summed E-state index contributed by atoms with van der Waals surface area (Å²) >= 11 is 5.32. The summed E-state index contributed by atoms with van der Waals surface area (Å²) in [7, 11) is -4.47. The number of anilines is 2. The van der Waals surface area contributed by atoms with E-state index in [1.807, 2.05) is 0 Å². The Labute approximate surface area is 258 Å². The first kappa shape index (κ1) is 30.5. The molecule has 0 amide bonds. The molecule has 3 aliphatic rings. The predicted octanol–water partition coefficient (Wildman–Crippen LogP) is -1.57. The topological polar surface area (TPSA) is 283 Å². The predicted molar refractivity (Wildman–Crippen MR) is 158 cm³/mol. The van der Waals surface area contributed by atoms with Crippen molar-refractivity contribution in [3.63, 3.8) is 0 Å². The lowest BCUT2D eigenvalue weighted by Gasteiger charge is -2.28. The summed E-state index contributed by atoms with van der Waals surface area (Å²) in [6.45, 7) is -2.95. The molecule has 9 atom stereocenters. The molecule has 20 nitrogen and oxygen atoms in total. The molecular weight excluding hydrogens is 657 g/mol. The number of nitrogens with one attached hydrogen (secondary N) is 2. The Kier molecular flexibility index (Phi) is 7.43. The molecule has 1 saturated carbocycles. The highest BCUT2D eigenvalue weighted by Crippen LogP contribution is 2.52. The van der Waals surface area contributed by atoms with Crippen molar-refractivity contribution in [3.8, 4) is 0 Å². The Morgan fingerprint density at radius 1 is 1.11 bits per heavy atom. The molecule has 6 heterocycles. The van der Waals surface area contributed by atoms with Gasteiger partial charge in [0.25, 0.3) is 5.56 Å². The Morgan fingerprint density at radius 3 is 2.67 bits per heavy atom. The van der Waals surface area contributed by atoms with Gasteiger partial charge >= 0.3 is 17.0 Å². The van der Waals surface area contributed by atoms with E-state index in [0.29, 0.717) is 11.2 Å². The largest absolute Gasteiger partial charge is 0.388 e. The molecule has 23 heteroatoms. The quantitative estimate of drug-likeness (QED) is 0.130. The van der Waals surface area contributed by atoms with Crippen LogP contribution in [0.2, 0.25) is 0 Å². The second-order valence-corrected chi connectivity index (χ2v) is 15.2. The minimum absolute atomic E-state index is 0.0404. The van der Waals surface area contributed by atoms with Crippen molar-refractivity contribution in [2.75, 3.05) is 24.6 Å². The molecule has 2 aliphatic heterocycles. The van der Waals surface area contributed by atoms with Crippen LogP contribution >= 0.6 is 6.72 Å². The van der Waals surface area contributed by atoms with E-state index in [1.54, 1.807) is 11.5 Å². The molecule has 2 saturated heterocycles. The molecule has 8 N–H and O–H groups in total. The van der Waals surface area contributed by atoms with Crippen molar-refractivity contribution in [2.45, 2.75) is 50.0 Å². The van der Waals surface area contributed by atoms with E-state index in [-0.39, 0.29) is 42.5 Å². The fourth-order valence-electron chi connectivity index (χ4n) is 6.09. The molecule has 0 spiro atoms. The van der Waals surface area contributed by atoms with Crippen LogP contribution < -0.4 is 21.7 Å². The zero-order valence-corrected chi connectivity index (χ0v) is 25.8. The van der Waals surface area contributed by atoms with Crippen LogP contribution in [0.4, 0.5) is 11.8 Å². The number of aromatic nitrogens is 8. The van der Waals surface area contributed by atoms with Gasteiger partial charge in [-0.3, -0.25) is 14.3 Å². The van der Waals surface area contributed by atoms with Crippen molar-refractivity contribution in [1.29, 1.82) is 0 Å². The SMILES string of the molecule is C[C@H]1[C@H]2OS(=O)(=O)NC[C@H]3C[C@@H](n4cnc5c(N)ncnc54)[C@H](O)[C@@H]3OP(O)(=S)OC[C@H]1O[C@H]2n1cnc2c(=O)[nH]c(N)nc21. The molecule has 7 rings (SSSR count). The number of aliphatic hydroxyl groups is 1. The zero-order valence-electron chi connectivity index (χ0n) is 23.3. The van der Waals surface area contributed by atoms with Crippen LogP contribution in [0, 0.1) is 11.8 Å². The number of H-pyrrole nitrogens is 1. The van der Waals surface area contributed by atoms with Crippen LogP contribution in [0.15, 0.2) is 23.8 Å². The summed E-state index contributed by atoms with van der Waals surface area (Å²) in [4.78, 5) is 46.4. The van der Waals surface area contributed by atoms with Gasteiger partial charge < -0.3 is 39.8 Å². The first-order chi connectivity index (χ1) is 21.3. The number of aromatic amines is 1. The van der Waals surface area contributed by atoms with Gasteiger partial charge in [-0.15, -0.1) is 0 Å². The molecular formula is C22H28N11O9PS2. The molecule has 3 fully saturated rings. The molecule has 2 bridgehead atoms. The van der Waals surface area contributed by atoms with Crippen molar-refractivity contribution < 1.29 is 36.4 Å². The molecule has 4 aromatic rings. The monoisotopic (exact) mass is 685 g/mol. The van der Waals surface area contributed by atoms with Crippen molar-refractivity contribution >= 4 is 62.9 Å². The lowest BCUT2D eigenvalue weighted by Crippen LogP contribution is -2.40. The smallest absolute Gasteiger partial charge is 0.336 e. The summed E-state index contributed by atoms with van der Waals surface area (Å²) in [5.41, 5.74) is 11.7. The Hall–Kier alpha value is -3.18. The maximum Gasteiger partial charge on any atom is 0.336 e. The number of hydrogen-bond acceptors (Lipinski definition) is 16. The number of hydrogen-bond donors (Lipinski definition) is 6. The Bertz CT molecular complexity index is 2000. The second-order valence-electron chi connectivity index (χ2n) is 11.0. The van der Waals surface area contributed by atoms with E-state index in [2.05, 4.69) is 34.6 Å². The van der Waals surface area contributed by atoms with Crippen molar-refractivity contribution in [1.82, 2.24) is 43.8 Å². The van der Waals surface area contributed by atoms with Gasteiger partial charge in [-0.1, -0.05) is 6.92 Å². The van der Waals surface area contributed by atoms with E-state index in [9.17, 15) is 23.2 Å². The highest BCUT2D eigenvalue weighted by Gasteiger charge is 2.50. The zero-order chi connectivity index (χ0) is 31.8. The van der Waals surface area contributed by atoms with E-state index >= 15 is 0 Å². The van der Waals surface area contributed by atoms with Gasteiger partial charge in [0.15, 0.2) is 28.9 Å². The third-order valence-corrected chi connectivity index (χ3v) is 10.9. The van der Waals surface area contributed by atoms with Gasteiger partial charge in [0.05, 0.1) is 37.5 Å². The number of ether oxygens (including phenoxy) is 1. The normalized spacial score (nSPS) is 35.5. The highest BCUT2D eigenvalue weighted by molar-refractivity contribution is 8.07. The van der Waals surface area contributed by atoms with E-state index < -0.39 is 71.1 Å². The lowest BCUT2D eigenvalue weighted by atomic mass is 10.0. The van der Waals surface area contributed by atoms with Crippen LogP contribution in [0.1, 0.15) is 25.6 Å². The van der Waals surface area contributed by atoms with Gasteiger partial charge in [-0.25, -0.2) is 24.1 Å². The Balaban J connectivity index is 1.21. The molecule has 0 radical (unpaired) electrons. The van der Waals surface area contributed by atoms with Crippen LogP contribution in [0.3, 0.4) is 0 Å². The van der Waals surface area contributed by atoms with Gasteiger partial charge in [-0.2, -0.15) is 18.1 Å². The highest BCUT2D eigenvalue weighted by atomic mass is 32.5. The summed E-state index contributed by atoms with van der Waals surface area (Å²) in [5.74, 6) is -1.40. The molecule has 45 heavy (non-hydrogen) atoms. The third kappa shape index (κ3) is 5.39. The summed E-state index contributed by atoms with van der Waals surface area (Å²) in [5, 5.41) is 11.4. The minimum atomic E-state index is -4.47. The van der Waals surface area contributed by atoms with E-state index in [4.69, 9.17) is 41.2 Å². The average molecular weight is 686 g/mol. The molecule has 1 aliphatic carbocycles. The molecule has 4 aromatic heterocycles. The summed E-state index contributed by atoms with van der Waals surface area (Å²) in [6.07, 6.45) is -1.52. The fourth-order valence-corrected chi connectivity index (χ4v) is 8.62. The third-order valence-electron chi connectivity index (χ3n) is 8.33. The number of nitrogens with two attached hydrogens (primary N) is 2. The molecule has 0 aromatic carbocycles. The molecule has 242 valence electrons. The van der Waals surface area contributed by atoms with E-state index in [1.165, 1.54) is 23.5 Å². The maximum absolute atomic E-state index is 13.4. The van der Waals surface area contributed by atoms with Crippen molar-refractivity contribution in [3.05, 3.63) is 29.3 Å². The van der Waals surface area contributed by atoms with Gasteiger partial charge in [-0.05, 0) is 18.2 Å². The first-order valence-corrected chi connectivity index (χ1v) is 17.6. The molecule has 1 unspecified atom stereocenters. The number of nitrogen functional groups attached to an aromatic ring is 2. The van der Waals surface area contributed by atoms with Crippen molar-refractivity contribution in [2.24, 2.45) is 11.8 Å². The summed E-state index contributed by atoms with van der Waals surface area (Å²) < 4.78 is 55.4. The fraction of sp³-hybridized carbons (Fsp3) is 0.545. The maximum atomic E-state index is 13.4. The van der Waals surface area contributed by atoms with Crippen LogP contribution in [0.25, 0.3) is 22.3 Å².